The Morgan fingerprint density at radius 2 is 2.25 bits per heavy atom. The van der Waals surface area contributed by atoms with Crippen LogP contribution in [-0.4, -0.2) is 30.8 Å². The molecule has 1 amide bonds. The molecule has 1 aliphatic rings. The monoisotopic (exact) mass is 228 g/mol. The molecule has 2 N–H and O–H groups in total. The second-order valence-corrected chi connectivity index (χ2v) is 5.41. The third-order valence-electron chi connectivity index (χ3n) is 2.81. The Hall–Kier alpha value is -0.770. The highest BCUT2D eigenvalue weighted by Gasteiger charge is 2.26. The van der Waals surface area contributed by atoms with Crippen molar-refractivity contribution in [2.75, 3.05) is 13.1 Å². The minimum absolute atomic E-state index is 0.227. The second-order valence-electron chi connectivity index (χ2n) is 5.41. The lowest BCUT2D eigenvalue weighted by Crippen LogP contribution is -2.43. The molecule has 1 saturated heterocycles. The summed E-state index contributed by atoms with van der Waals surface area (Å²) in [5.41, 5.74) is -0.420. The topological polar surface area (TPSA) is 50.4 Å². The quantitative estimate of drug-likeness (QED) is 0.775. The van der Waals surface area contributed by atoms with Crippen LogP contribution >= 0.6 is 0 Å². The molecule has 0 spiro atoms. The minimum atomic E-state index is -0.420. The first-order valence-electron chi connectivity index (χ1n) is 6.12. The van der Waals surface area contributed by atoms with Crippen molar-refractivity contribution in [1.82, 2.24) is 10.6 Å². The van der Waals surface area contributed by atoms with Gasteiger partial charge in [0.15, 0.2) is 0 Å². The molecule has 4 nitrogen and oxygen atoms in total. The third kappa shape index (κ3) is 4.39. The summed E-state index contributed by atoms with van der Waals surface area (Å²) >= 11 is 0. The van der Waals surface area contributed by atoms with Gasteiger partial charge in [0.1, 0.15) is 5.60 Å². The maximum Gasteiger partial charge on any atom is 0.407 e. The van der Waals surface area contributed by atoms with Crippen LogP contribution in [0.25, 0.3) is 0 Å². The predicted octanol–water partition coefficient (Wildman–Crippen LogP) is 1.90. The molecule has 1 aliphatic heterocycles. The number of ether oxygens (including phenoxy) is 1. The number of carbonyl (C=O) groups excluding carboxylic acids is 1. The fourth-order valence-electron chi connectivity index (χ4n) is 2.03. The molecule has 16 heavy (non-hydrogen) atoms. The highest BCUT2D eigenvalue weighted by molar-refractivity contribution is 5.68. The molecule has 0 radical (unpaired) electrons. The highest BCUT2D eigenvalue weighted by atomic mass is 16.6. The van der Waals surface area contributed by atoms with E-state index in [4.69, 9.17) is 4.74 Å². The van der Waals surface area contributed by atoms with E-state index in [-0.39, 0.29) is 12.1 Å². The van der Waals surface area contributed by atoms with Crippen LogP contribution in [0.1, 0.15) is 40.5 Å². The molecule has 1 unspecified atom stereocenters. The van der Waals surface area contributed by atoms with Crippen LogP contribution in [0.4, 0.5) is 4.79 Å². The van der Waals surface area contributed by atoms with E-state index in [9.17, 15) is 4.79 Å². The summed E-state index contributed by atoms with van der Waals surface area (Å²) in [6, 6.07) is 0.227. The number of rotatable bonds is 3. The van der Waals surface area contributed by atoms with Crippen molar-refractivity contribution >= 4 is 6.09 Å². The zero-order chi connectivity index (χ0) is 12.2. The zero-order valence-corrected chi connectivity index (χ0v) is 10.8. The van der Waals surface area contributed by atoms with Crippen LogP contribution in [0.3, 0.4) is 0 Å². The smallest absolute Gasteiger partial charge is 0.407 e. The average molecular weight is 228 g/mol. The molecule has 0 aliphatic carbocycles. The van der Waals surface area contributed by atoms with Gasteiger partial charge >= 0.3 is 6.09 Å². The van der Waals surface area contributed by atoms with Crippen molar-refractivity contribution in [1.29, 1.82) is 0 Å². The van der Waals surface area contributed by atoms with E-state index in [0.29, 0.717) is 5.92 Å². The van der Waals surface area contributed by atoms with Crippen LogP contribution in [-0.2, 0) is 4.74 Å². The fraction of sp³-hybridized carbons (Fsp3) is 0.917. The Bertz CT molecular complexity index is 230. The lowest BCUT2D eigenvalue weighted by atomic mass is 9.97. The molecular formula is C12H24N2O2. The number of hydrogen-bond donors (Lipinski definition) is 2. The molecule has 0 aromatic rings. The predicted molar refractivity (Wildman–Crippen MR) is 64.4 cm³/mol. The van der Waals surface area contributed by atoms with Gasteiger partial charge in [-0.05, 0) is 52.6 Å². The maximum atomic E-state index is 11.6. The normalized spacial score (nSPS) is 22.9. The first kappa shape index (κ1) is 13.3. The molecule has 1 rings (SSSR count). The molecular weight excluding hydrogens is 204 g/mol. The van der Waals surface area contributed by atoms with Crippen molar-refractivity contribution in [3.8, 4) is 0 Å². The van der Waals surface area contributed by atoms with Crippen LogP contribution in [0.5, 0.6) is 0 Å². The first-order valence-corrected chi connectivity index (χ1v) is 6.12. The van der Waals surface area contributed by atoms with Gasteiger partial charge in [-0.1, -0.05) is 6.92 Å². The van der Waals surface area contributed by atoms with Gasteiger partial charge in [-0.25, -0.2) is 4.79 Å². The first-order chi connectivity index (χ1) is 7.42. The van der Waals surface area contributed by atoms with E-state index in [0.717, 1.165) is 25.9 Å². The zero-order valence-electron chi connectivity index (χ0n) is 10.8. The number of amides is 1. The number of hydrogen-bond acceptors (Lipinski definition) is 3. The molecule has 2 atom stereocenters. The van der Waals surface area contributed by atoms with Gasteiger partial charge in [0.25, 0.3) is 0 Å². The second kappa shape index (κ2) is 5.53. The lowest BCUT2D eigenvalue weighted by Gasteiger charge is -2.26. The van der Waals surface area contributed by atoms with Crippen LogP contribution in [0.15, 0.2) is 0 Å². The molecule has 0 aromatic heterocycles. The van der Waals surface area contributed by atoms with Gasteiger partial charge in [-0.15, -0.1) is 0 Å². The SMILES string of the molecule is CC[C@@H](NC(=O)OC(C)(C)C)C1CCNC1. The van der Waals surface area contributed by atoms with E-state index in [2.05, 4.69) is 17.6 Å². The number of alkyl carbamates (subject to hydrolysis) is 1. The Balaban J connectivity index is 2.40. The van der Waals surface area contributed by atoms with Crippen molar-refractivity contribution < 1.29 is 9.53 Å². The number of nitrogens with one attached hydrogen (secondary N) is 2. The van der Waals surface area contributed by atoms with Crippen LogP contribution < -0.4 is 10.6 Å². The molecule has 0 bridgehead atoms. The van der Waals surface area contributed by atoms with E-state index >= 15 is 0 Å². The van der Waals surface area contributed by atoms with E-state index in [1.807, 2.05) is 20.8 Å². The highest BCUT2D eigenvalue weighted by Crippen LogP contribution is 2.16. The van der Waals surface area contributed by atoms with Crippen molar-refractivity contribution in [3.05, 3.63) is 0 Å². The Labute approximate surface area is 98.1 Å². The standard InChI is InChI=1S/C12H24N2O2/c1-5-10(9-6-7-13-8-9)14-11(15)16-12(2,3)4/h9-10,13H,5-8H2,1-4H3,(H,14,15)/t9?,10-/m1/s1. The van der Waals surface area contributed by atoms with E-state index in [1.165, 1.54) is 0 Å². The Morgan fingerprint density at radius 1 is 1.56 bits per heavy atom. The molecule has 0 aromatic carbocycles. The summed E-state index contributed by atoms with van der Waals surface area (Å²) in [7, 11) is 0. The Kier molecular flexibility index (Phi) is 4.59. The fourth-order valence-corrected chi connectivity index (χ4v) is 2.03. The average Bonchev–Trinajstić information content (AvgIpc) is 2.63. The van der Waals surface area contributed by atoms with Crippen molar-refractivity contribution in [2.45, 2.75) is 52.2 Å². The van der Waals surface area contributed by atoms with Gasteiger partial charge in [0, 0.05) is 6.04 Å². The summed E-state index contributed by atoms with van der Waals surface area (Å²) in [4.78, 5) is 11.6. The maximum absolute atomic E-state index is 11.6. The molecule has 1 fully saturated rings. The molecule has 1 heterocycles. The third-order valence-corrected chi connectivity index (χ3v) is 2.81. The molecule has 0 saturated carbocycles. The van der Waals surface area contributed by atoms with Crippen LogP contribution in [0, 0.1) is 5.92 Å². The van der Waals surface area contributed by atoms with Crippen LogP contribution in [0.2, 0.25) is 0 Å². The minimum Gasteiger partial charge on any atom is -0.444 e. The van der Waals surface area contributed by atoms with Crippen molar-refractivity contribution in [3.63, 3.8) is 0 Å². The lowest BCUT2D eigenvalue weighted by molar-refractivity contribution is 0.0486. The van der Waals surface area contributed by atoms with Gasteiger partial charge in [-0.2, -0.15) is 0 Å². The van der Waals surface area contributed by atoms with Gasteiger partial charge in [-0.3, -0.25) is 0 Å². The summed E-state index contributed by atoms with van der Waals surface area (Å²) < 4.78 is 5.26. The molecule has 4 heteroatoms. The summed E-state index contributed by atoms with van der Waals surface area (Å²) in [5.74, 6) is 0.539. The van der Waals surface area contributed by atoms with E-state index < -0.39 is 5.60 Å². The van der Waals surface area contributed by atoms with Gasteiger partial charge in [0.05, 0.1) is 0 Å². The van der Waals surface area contributed by atoms with Crippen molar-refractivity contribution in [2.24, 2.45) is 5.92 Å². The summed E-state index contributed by atoms with van der Waals surface area (Å²) in [6.07, 6.45) is 1.78. The van der Waals surface area contributed by atoms with Gasteiger partial charge in [0.2, 0.25) is 0 Å². The number of carbonyl (C=O) groups is 1. The largest absolute Gasteiger partial charge is 0.444 e. The van der Waals surface area contributed by atoms with Gasteiger partial charge < -0.3 is 15.4 Å². The Morgan fingerprint density at radius 3 is 2.69 bits per heavy atom. The van der Waals surface area contributed by atoms with E-state index in [1.54, 1.807) is 0 Å². The summed E-state index contributed by atoms with van der Waals surface area (Å²) in [6.45, 7) is 9.78. The molecule has 94 valence electrons. The summed E-state index contributed by atoms with van der Waals surface area (Å²) in [5, 5.41) is 6.28.